The minimum absolute atomic E-state index is 0.535. The highest BCUT2D eigenvalue weighted by Gasteiger charge is 2.25. The lowest BCUT2D eigenvalue weighted by molar-refractivity contribution is 0.441. The number of hydrogen-bond donors (Lipinski definition) is 0. The molecule has 2 aromatic rings. The summed E-state index contributed by atoms with van der Waals surface area (Å²) in [6.07, 6.45) is 10.2. The van der Waals surface area contributed by atoms with Crippen molar-refractivity contribution in [2.75, 3.05) is 47.4 Å². The number of piperazine rings is 1. The first-order valence-corrected chi connectivity index (χ1v) is 9.58. The predicted molar refractivity (Wildman–Crippen MR) is 102 cm³/mol. The normalized spacial score (nSPS) is 21.1. The summed E-state index contributed by atoms with van der Waals surface area (Å²) in [4.78, 5) is 20.4. The molecular formula is C18H26N8. The largest absolute Gasteiger partial charge is 0.352 e. The maximum absolute atomic E-state index is 4.84. The summed E-state index contributed by atoms with van der Waals surface area (Å²) in [5, 5.41) is 8.57. The molecule has 0 amide bonds. The Morgan fingerprint density at radius 2 is 1.73 bits per heavy atom. The van der Waals surface area contributed by atoms with E-state index in [2.05, 4.69) is 41.8 Å². The first-order chi connectivity index (χ1) is 12.8. The van der Waals surface area contributed by atoms with Crippen molar-refractivity contribution in [3.8, 4) is 0 Å². The molecule has 26 heavy (non-hydrogen) atoms. The highest BCUT2D eigenvalue weighted by Crippen LogP contribution is 2.25. The lowest BCUT2D eigenvalue weighted by Gasteiger charge is -2.37. The van der Waals surface area contributed by atoms with Gasteiger partial charge in [-0.1, -0.05) is 6.92 Å². The quantitative estimate of drug-likeness (QED) is 0.822. The second-order valence-corrected chi connectivity index (χ2v) is 6.89. The zero-order chi connectivity index (χ0) is 17.8. The van der Waals surface area contributed by atoms with Crippen LogP contribution >= 0.6 is 0 Å². The Kier molecular flexibility index (Phi) is 5.08. The first kappa shape index (κ1) is 16.9. The fourth-order valence-electron chi connectivity index (χ4n) is 3.84. The monoisotopic (exact) mass is 354 g/mol. The molecule has 0 spiro atoms. The lowest BCUT2D eigenvalue weighted by Crippen LogP contribution is -2.47. The third-order valence-electron chi connectivity index (χ3n) is 5.33. The molecule has 0 saturated carbocycles. The van der Waals surface area contributed by atoms with Gasteiger partial charge in [0, 0.05) is 51.2 Å². The molecule has 4 heterocycles. The van der Waals surface area contributed by atoms with Crippen molar-refractivity contribution < 1.29 is 0 Å². The SMILES string of the molecule is CCC1CCCCN1c1nncc(N2CCN(c3ncccn3)CC2)n1. The highest BCUT2D eigenvalue weighted by molar-refractivity contribution is 5.44. The number of nitrogens with zero attached hydrogens (tertiary/aromatic N) is 8. The van der Waals surface area contributed by atoms with E-state index in [1.165, 1.54) is 19.3 Å². The Morgan fingerprint density at radius 3 is 2.50 bits per heavy atom. The van der Waals surface area contributed by atoms with Crippen LogP contribution in [0.5, 0.6) is 0 Å². The van der Waals surface area contributed by atoms with E-state index in [9.17, 15) is 0 Å². The first-order valence-electron chi connectivity index (χ1n) is 9.58. The van der Waals surface area contributed by atoms with E-state index in [0.29, 0.717) is 6.04 Å². The molecule has 138 valence electrons. The Bertz CT molecular complexity index is 701. The molecule has 1 unspecified atom stereocenters. The molecule has 0 N–H and O–H groups in total. The summed E-state index contributed by atoms with van der Waals surface area (Å²) in [5.74, 6) is 2.50. The number of aromatic nitrogens is 5. The summed E-state index contributed by atoms with van der Waals surface area (Å²) >= 11 is 0. The van der Waals surface area contributed by atoms with Crippen molar-refractivity contribution in [1.29, 1.82) is 0 Å². The zero-order valence-electron chi connectivity index (χ0n) is 15.3. The summed E-state index contributed by atoms with van der Waals surface area (Å²) in [7, 11) is 0. The van der Waals surface area contributed by atoms with Crippen molar-refractivity contribution in [3.05, 3.63) is 24.7 Å². The Labute approximate surface area is 154 Å². The van der Waals surface area contributed by atoms with Crippen LogP contribution in [-0.2, 0) is 0 Å². The summed E-state index contributed by atoms with van der Waals surface area (Å²) in [5.41, 5.74) is 0. The topological polar surface area (TPSA) is 74.2 Å². The van der Waals surface area contributed by atoms with Crippen LogP contribution in [0.4, 0.5) is 17.7 Å². The van der Waals surface area contributed by atoms with E-state index < -0.39 is 0 Å². The van der Waals surface area contributed by atoms with Crippen molar-refractivity contribution in [3.63, 3.8) is 0 Å². The molecule has 8 nitrogen and oxygen atoms in total. The van der Waals surface area contributed by atoms with Crippen LogP contribution in [0, 0.1) is 0 Å². The van der Waals surface area contributed by atoms with Gasteiger partial charge in [-0.25, -0.2) is 9.97 Å². The molecular weight excluding hydrogens is 328 g/mol. The van der Waals surface area contributed by atoms with Crippen LogP contribution in [0.2, 0.25) is 0 Å². The van der Waals surface area contributed by atoms with Crippen molar-refractivity contribution >= 4 is 17.7 Å². The minimum Gasteiger partial charge on any atom is -0.352 e. The predicted octanol–water partition coefficient (Wildman–Crippen LogP) is 1.76. The molecule has 8 heteroatoms. The Hall–Kier alpha value is -2.51. The Morgan fingerprint density at radius 1 is 0.962 bits per heavy atom. The molecule has 1 atom stereocenters. The molecule has 0 radical (unpaired) electrons. The van der Waals surface area contributed by atoms with Crippen LogP contribution in [0.25, 0.3) is 0 Å². The van der Waals surface area contributed by atoms with Crippen LogP contribution in [-0.4, -0.2) is 63.9 Å². The molecule has 2 aromatic heterocycles. The molecule has 4 rings (SSSR count). The standard InChI is InChI=1S/C18H26N8/c1-2-15-6-3-4-9-26(15)18-22-16(14-21-23-18)24-10-12-25(13-11-24)17-19-7-5-8-20-17/h5,7-8,14-15H,2-4,6,9-13H2,1H3. The van der Waals surface area contributed by atoms with E-state index in [4.69, 9.17) is 4.98 Å². The second-order valence-electron chi connectivity index (χ2n) is 6.89. The molecule has 0 aliphatic carbocycles. The zero-order valence-corrected chi connectivity index (χ0v) is 15.3. The van der Waals surface area contributed by atoms with E-state index in [0.717, 1.165) is 56.9 Å². The van der Waals surface area contributed by atoms with Gasteiger partial charge < -0.3 is 14.7 Å². The van der Waals surface area contributed by atoms with E-state index >= 15 is 0 Å². The molecule has 2 saturated heterocycles. The summed E-state index contributed by atoms with van der Waals surface area (Å²) in [6.45, 7) is 6.80. The summed E-state index contributed by atoms with van der Waals surface area (Å²) in [6, 6.07) is 2.38. The van der Waals surface area contributed by atoms with Crippen molar-refractivity contribution in [2.45, 2.75) is 38.6 Å². The van der Waals surface area contributed by atoms with Gasteiger partial charge in [0.15, 0.2) is 5.82 Å². The number of piperidine rings is 1. The van der Waals surface area contributed by atoms with Crippen molar-refractivity contribution in [1.82, 2.24) is 25.1 Å². The van der Waals surface area contributed by atoms with E-state index in [-0.39, 0.29) is 0 Å². The average Bonchev–Trinajstić information content (AvgIpc) is 2.74. The molecule has 2 aliphatic rings. The van der Waals surface area contributed by atoms with Gasteiger partial charge in [-0.05, 0) is 31.7 Å². The van der Waals surface area contributed by atoms with Gasteiger partial charge in [0.1, 0.15) is 0 Å². The number of hydrogen-bond acceptors (Lipinski definition) is 8. The molecule has 0 aromatic carbocycles. The van der Waals surface area contributed by atoms with Crippen LogP contribution in [0.3, 0.4) is 0 Å². The van der Waals surface area contributed by atoms with Gasteiger partial charge in [-0.15, -0.1) is 5.10 Å². The van der Waals surface area contributed by atoms with Gasteiger partial charge in [-0.3, -0.25) is 0 Å². The Balaban J connectivity index is 1.44. The minimum atomic E-state index is 0.535. The molecule has 0 bridgehead atoms. The van der Waals surface area contributed by atoms with Crippen LogP contribution in [0.15, 0.2) is 24.7 Å². The van der Waals surface area contributed by atoms with Gasteiger partial charge in [0.2, 0.25) is 11.9 Å². The number of rotatable bonds is 4. The summed E-state index contributed by atoms with van der Waals surface area (Å²) < 4.78 is 0. The lowest BCUT2D eigenvalue weighted by atomic mass is 10.0. The smallest absolute Gasteiger partial charge is 0.247 e. The third-order valence-corrected chi connectivity index (χ3v) is 5.33. The molecule has 2 aliphatic heterocycles. The van der Waals surface area contributed by atoms with Gasteiger partial charge in [0.05, 0.1) is 6.20 Å². The van der Waals surface area contributed by atoms with Crippen LogP contribution < -0.4 is 14.7 Å². The fraction of sp³-hybridized carbons (Fsp3) is 0.611. The third kappa shape index (κ3) is 3.54. The number of anilines is 3. The van der Waals surface area contributed by atoms with E-state index in [1.807, 2.05) is 6.07 Å². The van der Waals surface area contributed by atoms with Crippen molar-refractivity contribution in [2.24, 2.45) is 0 Å². The maximum atomic E-state index is 4.84. The average molecular weight is 354 g/mol. The van der Waals surface area contributed by atoms with Gasteiger partial charge in [-0.2, -0.15) is 10.1 Å². The van der Waals surface area contributed by atoms with E-state index in [1.54, 1.807) is 18.6 Å². The van der Waals surface area contributed by atoms with Crippen LogP contribution in [0.1, 0.15) is 32.6 Å². The maximum Gasteiger partial charge on any atom is 0.247 e. The van der Waals surface area contributed by atoms with Gasteiger partial charge in [0.25, 0.3) is 0 Å². The highest BCUT2D eigenvalue weighted by atomic mass is 15.4. The van der Waals surface area contributed by atoms with Gasteiger partial charge >= 0.3 is 0 Å². The second kappa shape index (κ2) is 7.80. The fourth-order valence-corrected chi connectivity index (χ4v) is 3.84. The molecule has 2 fully saturated rings.